The summed E-state index contributed by atoms with van der Waals surface area (Å²) in [6.07, 6.45) is 3.32. The number of fused-ring (bicyclic) bond motifs is 1. The number of anilines is 1. The van der Waals surface area contributed by atoms with E-state index in [0.717, 1.165) is 35.3 Å². The average molecular weight is 622 g/mol. The van der Waals surface area contributed by atoms with Crippen molar-refractivity contribution in [1.82, 2.24) is 5.43 Å². The Bertz CT molecular complexity index is 1500. The highest BCUT2D eigenvalue weighted by Gasteiger charge is 2.29. The molecule has 10 nitrogen and oxygen atoms in total. The standard InChI is InChI=1S/C33H39N3O7S/c1-6-40-26-16-10-22(18-27(26)41-7-2)19-34-36-30(37)21(5)43-24-13-11-23(12-14-24)31(38)35-32-29(33(39)42-8-3)25-15-9-20(4)17-28(25)44-32/h10-14,16,18-21H,6-9,15,17H2,1-5H3,(H,35,38)(H,36,37)/b34-19-/t20-,21+/m0/s1. The molecule has 11 heteroatoms. The summed E-state index contributed by atoms with van der Waals surface area (Å²) in [6.45, 7) is 10.6. The van der Waals surface area contributed by atoms with Gasteiger partial charge in [-0.15, -0.1) is 11.3 Å². The summed E-state index contributed by atoms with van der Waals surface area (Å²) < 4.78 is 22.2. The number of carbonyl (C=O) groups excluding carboxylic acids is 3. The van der Waals surface area contributed by atoms with E-state index in [0.29, 0.717) is 52.5 Å². The number of rotatable bonds is 13. The fourth-order valence-electron chi connectivity index (χ4n) is 4.79. The minimum atomic E-state index is -0.849. The van der Waals surface area contributed by atoms with Crippen molar-refractivity contribution < 1.29 is 33.3 Å². The van der Waals surface area contributed by atoms with Gasteiger partial charge in [-0.25, -0.2) is 10.2 Å². The molecule has 0 saturated heterocycles. The molecule has 0 aliphatic heterocycles. The van der Waals surface area contributed by atoms with Crippen LogP contribution in [0.25, 0.3) is 0 Å². The number of nitrogens with zero attached hydrogens (tertiary/aromatic N) is 1. The molecule has 44 heavy (non-hydrogen) atoms. The third kappa shape index (κ3) is 8.16. The van der Waals surface area contributed by atoms with E-state index in [9.17, 15) is 14.4 Å². The summed E-state index contributed by atoms with van der Waals surface area (Å²) in [5.74, 6) is 0.969. The molecular weight excluding hydrogens is 582 g/mol. The van der Waals surface area contributed by atoms with Crippen molar-refractivity contribution in [2.24, 2.45) is 11.0 Å². The van der Waals surface area contributed by atoms with Gasteiger partial charge in [0.15, 0.2) is 17.6 Å². The average Bonchev–Trinajstić information content (AvgIpc) is 3.35. The van der Waals surface area contributed by atoms with E-state index in [1.807, 2.05) is 19.9 Å². The Morgan fingerprint density at radius 2 is 1.75 bits per heavy atom. The highest BCUT2D eigenvalue weighted by molar-refractivity contribution is 7.17. The Kier molecular flexibility index (Phi) is 11.4. The van der Waals surface area contributed by atoms with Crippen molar-refractivity contribution in [3.8, 4) is 17.2 Å². The number of carbonyl (C=O) groups is 3. The molecule has 1 aliphatic carbocycles. The number of nitrogens with one attached hydrogen (secondary N) is 2. The molecule has 2 amide bonds. The van der Waals surface area contributed by atoms with Crippen LogP contribution in [0.1, 0.15) is 77.8 Å². The molecule has 4 rings (SSSR count). The Balaban J connectivity index is 1.35. The van der Waals surface area contributed by atoms with Crippen LogP contribution < -0.4 is 25.0 Å². The Hall–Kier alpha value is -4.38. The quantitative estimate of drug-likeness (QED) is 0.136. The van der Waals surface area contributed by atoms with Crippen LogP contribution in [0.3, 0.4) is 0 Å². The molecule has 1 aliphatic rings. The number of hydrazone groups is 1. The monoisotopic (exact) mass is 621 g/mol. The zero-order chi connectivity index (χ0) is 31.6. The summed E-state index contributed by atoms with van der Waals surface area (Å²) in [6, 6.07) is 11.8. The van der Waals surface area contributed by atoms with Crippen molar-refractivity contribution in [1.29, 1.82) is 0 Å². The molecule has 0 unspecified atom stereocenters. The highest BCUT2D eigenvalue weighted by atomic mass is 32.1. The van der Waals surface area contributed by atoms with Crippen LogP contribution in [0.4, 0.5) is 5.00 Å². The molecule has 0 saturated carbocycles. The second-order valence-electron chi connectivity index (χ2n) is 10.3. The second kappa shape index (κ2) is 15.4. The van der Waals surface area contributed by atoms with E-state index < -0.39 is 18.0 Å². The number of esters is 1. The van der Waals surface area contributed by atoms with Gasteiger partial charge in [0.05, 0.1) is 31.6 Å². The summed E-state index contributed by atoms with van der Waals surface area (Å²) in [5.41, 5.74) is 5.04. The molecule has 2 aromatic carbocycles. The minimum Gasteiger partial charge on any atom is -0.490 e. The molecule has 1 heterocycles. The summed E-state index contributed by atoms with van der Waals surface area (Å²) >= 11 is 1.44. The fourth-order valence-corrected chi connectivity index (χ4v) is 6.18. The Labute approximate surface area is 261 Å². The van der Waals surface area contributed by atoms with E-state index in [-0.39, 0.29) is 12.5 Å². The number of hydrogen-bond acceptors (Lipinski definition) is 9. The molecule has 234 valence electrons. The van der Waals surface area contributed by atoms with Crippen molar-refractivity contribution >= 4 is 40.3 Å². The predicted molar refractivity (Wildman–Crippen MR) is 170 cm³/mol. The zero-order valence-electron chi connectivity index (χ0n) is 25.7. The highest BCUT2D eigenvalue weighted by Crippen LogP contribution is 2.40. The lowest BCUT2D eigenvalue weighted by atomic mass is 9.88. The predicted octanol–water partition coefficient (Wildman–Crippen LogP) is 6.02. The van der Waals surface area contributed by atoms with Crippen LogP contribution in [0.2, 0.25) is 0 Å². The van der Waals surface area contributed by atoms with Crippen LogP contribution in [0, 0.1) is 5.92 Å². The lowest BCUT2D eigenvalue weighted by Gasteiger charge is -2.18. The molecule has 0 bridgehead atoms. The van der Waals surface area contributed by atoms with Crippen LogP contribution in [0.5, 0.6) is 17.2 Å². The topological polar surface area (TPSA) is 125 Å². The maximum absolute atomic E-state index is 13.1. The van der Waals surface area contributed by atoms with E-state index in [4.69, 9.17) is 18.9 Å². The van der Waals surface area contributed by atoms with Gasteiger partial charge in [0.25, 0.3) is 11.8 Å². The van der Waals surface area contributed by atoms with E-state index >= 15 is 0 Å². The first kappa shape index (κ1) is 32.5. The molecule has 0 spiro atoms. The van der Waals surface area contributed by atoms with Crippen LogP contribution in [-0.4, -0.2) is 49.9 Å². The van der Waals surface area contributed by atoms with Crippen molar-refractivity contribution in [2.45, 2.75) is 60.0 Å². The summed E-state index contributed by atoms with van der Waals surface area (Å²) in [4.78, 5) is 39.6. The third-order valence-electron chi connectivity index (χ3n) is 6.97. The lowest BCUT2D eigenvalue weighted by molar-refractivity contribution is -0.127. The smallest absolute Gasteiger partial charge is 0.341 e. The number of thiophene rings is 1. The Morgan fingerprint density at radius 1 is 1.02 bits per heavy atom. The van der Waals surface area contributed by atoms with Crippen molar-refractivity contribution in [3.63, 3.8) is 0 Å². The third-order valence-corrected chi connectivity index (χ3v) is 8.14. The van der Waals surface area contributed by atoms with E-state index in [1.54, 1.807) is 50.2 Å². The van der Waals surface area contributed by atoms with Crippen LogP contribution in [0.15, 0.2) is 47.6 Å². The zero-order valence-corrected chi connectivity index (χ0v) is 26.5. The van der Waals surface area contributed by atoms with Gasteiger partial charge >= 0.3 is 5.97 Å². The maximum atomic E-state index is 13.1. The maximum Gasteiger partial charge on any atom is 0.341 e. The molecule has 2 N–H and O–H groups in total. The molecule has 0 fully saturated rings. The Morgan fingerprint density at radius 3 is 2.45 bits per heavy atom. The second-order valence-corrected chi connectivity index (χ2v) is 11.4. The molecule has 3 aromatic rings. The fraction of sp³-hybridized carbons (Fsp3) is 0.394. The summed E-state index contributed by atoms with van der Waals surface area (Å²) in [7, 11) is 0. The van der Waals surface area contributed by atoms with E-state index in [1.165, 1.54) is 17.6 Å². The largest absolute Gasteiger partial charge is 0.490 e. The normalized spacial score (nSPS) is 14.8. The van der Waals surface area contributed by atoms with Gasteiger partial charge < -0.3 is 24.3 Å². The van der Waals surface area contributed by atoms with Crippen molar-refractivity contribution in [3.05, 3.63) is 69.6 Å². The van der Waals surface area contributed by atoms with Gasteiger partial charge in [-0.2, -0.15) is 5.10 Å². The SMILES string of the molecule is CCOC(=O)c1c(NC(=O)c2ccc(O[C@H](C)C(=O)N/N=C\c3ccc(OCC)c(OCC)c3)cc2)sc2c1CC[C@H](C)C2. The van der Waals surface area contributed by atoms with Crippen molar-refractivity contribution in [2.75, 3.05) is 25.1 Å². The van der Waals surface area contributed by atoms with Gasteiger partial charge in [-0.05, 0) is 106 Å². The number of hydrogen-bond donors (Lipinski definition) is 2. The minimum absolute atomic E-state index is 0.259. The first-order valence-electron chi connectivity index (χ1n) is 14.9. The van der Waals surface area contributed by atoms with Gasteiger partial charge in [0, 0.05) is 10.4 Å². The van der Waals surface area contributed by atoms with Gasteiger partial charge in [-0.3, -0.25) is 9.59 Å². The number of benzene rings is 2. The van der Waals surface area contributed by atoms with Gasteiger partial charge in [0.2, 0.25) is 0 Å². The number of amides is 2. The lowest BCUT2D eigenvalue weighted by Crippen LogP contribution is -2.33. The number of ether oxygens (including phenoxy) is 4. The molecule has 2 atom stereocenters. The first-order chi connectivity index (χ1) is 21.2. The van der Waals surface area contributed by atoms with Gasteiger partial charge in [-0.1, -0.05) is 6.92 Å². The first-order valence-corrected chi connectivity index (χ1v) is 15.7. The molecule has 0 radical (unpaired) electrons. The van der Waals surface area contributed by atoms with Gasteiger partial charge in [0.1, 0.15) is 10.8 Å². The van der Waals surface area contributed by atoms with Crippen LogP contribution in [-0.2, 0) is 22.4 Å². The summed E-state index contributed by atoms with van der Waals surface area (Å²) in [5, 5.41) is 7.46. The van der Waals surface area contributed by atoms with E-state index in [2.05, 4.69) is 22.8 Å². The van der Waals surface area contributed by atoms with Crippen LogP contribution >= 0.6 is 11.3 Å². The molecule has 1 aromatic heterocycles. The molecular formula is C33H39N3O7S.